The lowest BCUT2D eigenvalue weighted by Gasteiger charge is -2.38. The maximum atomic E-state index is 11.0. The van der Waals surface area contributed by atoms with Crippen LogP contribution in [0.25, 0.3) is 0 Å². The van der Waals surface area contributed by atoms with Crippen molar-refractivity contribution in [2.45, 2.75) is 50.2 Å². The van der Waals surface area contributed by atoms with Crippen LogP contribution in [-0.2, 0) is 4.74 Å². The van der Waals surface area contributed by atoms with Crippen molar-refractivity contribution in [3.8, 4) is 0 Å². The van der Waals surface area contributed by atoms with E-state index in [-0.39, 0.29) is 23.0 Å². The van der Waals surface area contributed by atoms with Gasteiger partial charge in [-0.1, -0.05) is 12.8 Å². The summed E-state index contributed by atoms with van der Waals surface area (Å²) in [4.78, 5) is 11.0. The maximum absolute atomic E-state index is 11.0. The third-order valence-electron chi connectivity index (χ3n) is 4.32. The van der Waals surface area contributed by atoms with E-state index < -0.39 is 5.97 Å². The predicted octanol–water partition coefficient (Wildman–Crippen LogP) is 1.83. The average Bonchev–Trinajstić information content (AvgIpc) is 2.97. The van der Waals surface area contributed by atoms with Gasteiger partial charge in [0.05, 0.1) is 17.3 Å². The molecule has 1 atom stereocenters. The van der Waals surface area contributed by atoms with Gasteiger partial charge in [0.15, 0.2) is 5.69 Å². The SMILES string of the molecule is Nc1cn(C2CCOC3(CCCC3)C2)nc1C(=O)O. The van der Waals surface area contributed by atoms with Gasteiger partial charge in [0.2, 0.25) is 0 Å². The number of carbonyl (C=O) groups is 1. The molecule has 0 bridgehead atoms. The van der Waals surface area contributed by atoms with Crippen molar-refractivity contribution < 1.29 is 14.6 Å². The Kier molecular flexibility index (Phi) is 2.97. The first-order chi connectivity index (χ1) is 9.10. The minimum absolute atomic E-state index is 0.00693. The first kappa shape index (κ1) is 12.5. The summed E-state index contributed by atoms with van der Waals surface area (Å²) in [5.41, 5.74) is 5.88. The van der Waals surface area contributed by atoms with E-state index in [0.717, 1.165) is 25.7 Å². The number of carboxylic acid groups (broad SMARTS) is 1. The van der Waals surface area contributed by atoms with E-state index in [4.69, 9.17) is 15.6 Å². The zero-order valence-corrected chi connectivity index (χ0v) is 10.8. The van der Waals surface area contributed by atoms with Crippen LogP contribution in [-0.4, -0.2) is 33.1 Å². The Labute approximate surface area is 111 Å². The van der Waals surface area contributed by atoms with E-state index in [2.05, 4.69) is 5.10 Å². The molecule has 1 unspecified atom stereocenters. The molecule has 2 heterocycles. The fourth-order valence-corrected chi connectivity index (χ4v) is 3.35. The number of nitrogens with zero attached hydrogens (tertiary/aromatic N) is 2. The number of hydrogen-bond acceptors (Lipinski definition) is 4. The van der Waals surface area contributed by atoms with Crippen LogP contribution in [0.1, 0.15) is 55.1 Å². The standard InChI is InChI=1S/C13H19N3O3/c14-10-8-16(15-11(10)12(17)18)9-3-6-19-13(7-9)4-1-2-5-13/h8-9H,1-7,14H2,(H,17,18). The second kappa shape index (κ2) is 4.52. The van der Waals surface area contributed by atoms with Gasteiger partial charge in [-0.25, -0.2) is 4.79 Å². The molecule has 0 amide bonds. The lowest BCUT2D eigenvalue weighted by Crippen LogP contribution is -2.38. The van der Waals surface area contributed by atoms with E-state index in [1.165, 1.54) is 12.8 Å². The lowest BCUT2D eigenvalue weighted by molar-refractivity contribution is -0.0910. The van der Waals surface area contributed by atoms with Gasteiger partial charge in [-0.2, -0.15) is 5.10 Å². The summed E-state index contributed by atoms with van der Waals surface area (Å²) in [5.74, 6) is -1.07. The van der Waals surface area contributed by atoms with Gasteiger partial charge < -0.3 is 15.6 Å². The van der Waals surface area contributed by atoms with Crippen LogP contribution in [0.2, 0.25) is 0 Å². The number of aromatic carboxylic acids is 1. The topological polar surface area (TPSA) is 90.4 Å². The summed E-state index contributed by atoms with van der Waals surface area (Å²) in [6, 6.07) is 0.197. The Hall–Kier alpha value is -1.56. The first-order valence-electron chi connectivity index (χ1n) is 6.82. The number of aromatic nitrogens is 2. The van der Waals surface area contributed by atoms with E-state index in [9.17, 15) is 4.79 Å². The van der Waals surface area contributed by atoms with Gasteiger partial charge in [-0.05, 0) is 25.7 Å². The molecule has 104 valence electrons. The minimum Gasteiger partial charge on any atom is -0.476 e. The Balaban J connectivity index is 1.82. The molecule has 3 N–H and O–H groups in total. The zero-order chi connectivity index (χ0) is 13.5. The van der Waals surface area contributed by atoms with Crippen LogP contribution in [0.3, 0.4) is 0 Å². The highest BCUT2D eigenvalue weighted by Crippen LogP contribution is 2.43. The van der Waals surface area contributed by atoms with E-state index in [1.54, 1.807) is 10.9 Å². The monoisotopic (exact) mass is 265 g/mol. The fraction of sp³-hybridized carbons (Fsp3) is 0.692. The van der Waals surface area contributed by atoms with Gasteiger partial charge in [0, 0.05) is 12.8 Å². The van der Waals surface area contributed by atoms with Gasteiger partial charge in [0.1, 0.15) is 0 Å². The molecule has 1 aromatic rings. The Morgan fingerprint density at radius 2 is 2.26 bits per heavy atom. The smallest absolute Gasteiger partial charge is 0.358 e. The average molecular weight is 265 g/mol. The Bertz CT molecular complexity index is 491. The fourth-order valence-electron chi connectivity index (χ4n) is 3.35. The number of hydrogen-bond donors (Lipinski definition) is 2. The molecule has 0 aromatic carbocycles. The van der Waals surface area contributed by atoms with Gasteiger partial charge in [-0.15, -0.1) is 0 Å². The van der Waals surface area contributed by atoms with Crippen molar-refractivity contribution in [3.63, 3.8) is 0 Å². The molecule has 1 aliphatic heterocycles. The summed E-state index contributed by atoms with van der Waals surface area (Å²) in [5, 5.41) is 13.1. The van der Waals surface area contributed by atoms with Crippen LogP contribution in [0.4, 0.5) is 5.69 Å². The Morgan fingerprint density at radius 1 is 1.53 bits per heavy atom. The van der Waals surface area contributed by atoms with Crippen LogP contribution in [0.5, 0.6) is 0 Å². The van der Waals surface area contributed by atoms with Crippen molar-refractivity contribution >= 4 is 11.7 Å². The second-order valence-corrected chi connectivity index (χ2v) is 5.60. The minimum atomic E-state index is -1.07. The number of anilines is 1. The zero-order valence-electron chi connectivity index (χ0n) is 10.8. The Morgan fingerprint density at radius 3 is 2.89 bits per heavy atom. The molecule has 1 aromatic heterocycles. The summed E-state index contributed by atoms with van der Waals surface area (Å²) >= 11 is 0. The molecule has 2 fully saturated rings. The van der Waals surface area contributed by atoms with Crippen molar-refractivity contribution in [3.05, 3.63) is 11.9 Å². The number of nitrogens with two attached hydrogens (primary N) is 1. The first-order valence-corrected chi connectivity index (χ1v) is 6.82. The van der Waals surface area contributed by atoms with Crippen molar-refractivity contribution in [1.29, 1.82) is 0 Å². The number of nitrogen functional groups attached to an aromatic ring is 1. The summed E-state index contributed by atoms with van der Waals surface area (Å²) in [7, 11) is 0. The molecular weight excluding hydrogens is 246 g/mol. The van der Waals surface area contributed by atoms with E-state index in [1.807, 2.05) is 0 Å². The molecule has 3 rings (SSSR count). The van der Waals surface area contributed by atoms with Crippen LogP contribution in [0, 0.1) is 0 Å². The van der Waals surface area contributed by atoms with Crippen molar-refractivity contribution in [2.24, 2.45) is 0 Å². The number of carboxylic acids is 1. The third-order valence-corrected chi connectivity index (χ3v) is 4.32. The van der Waals surface area contributed by atoms with E-state index in [0.29, 0.717) is 6.61 Å². The molecule has 19 heavy (non-hydrogen) atoms. The third kappa shape index (κ3) is 2.20. The number of ether oxygens (including phenoxy) is 1. The van der Waals surface area contributed by atoms with Crippen molar-refractivity contribution in [2.75, 3.05) is 12.3 Å². The molecule has 1 saturated carbocycles. The number of rotatable bonds is 2. The lowest BCUT2D eigenvalue weighted by atomic mass is 9.89. The molecule has 1 aliphatic carbocycles. The highest BCUT2D eigenvalue weighted by Gasteiger charge is 2.40. The molecule has 0 radical (unpaired) electrons. The van der Waals surface area contributed by atoms with Crippen LogP contribution >= 0.6 is 0 Å². The molecule has 1 saturated heterocycles. The highest BCUT2D eigenvalue weighted by molar-refractivity contribution is 5.91. The van der Waals surface area contributed by atoms with Crippen LogP contribution in [0.15, 0.2) is 6.20 Å². The molecule has 1 spiro atoms. The predicted molar refractivity (Wildman–Crippen MR) is 69.0 cm³/mol. The van der Waals surface area contributed by atoms with E-state index >= 15 is 0 Å². The molecular formula is C13H19N3O3. The normalized spacial score (nSPS) is 25.8. The largest absolute Gasteiger partial charge is 0.476 e. The van der Waals surface area contributed by atoms with Gasteiger partial charge >= 0.3 is 5.97 Å². The van der Waals surface area contributed by atoms with Gasteiger partial charge in [0.25, 0.3) is 0 Å². The second-order valence-electron chi connectivity index (χ2n) is 5.60. The highest BCUT2D eigenvalue weighted by atomic mass is 16.5. The summed E-state index contributed by atoms with van der Waals surface area (Å²) < 4.78 is 7.70. The molecule has 6 heteroatoms. The van der Waals surface area contributed by atoms with Gasteiger partial charge in [-0.3, -0.25) is 4.68 Å². The maximum Gasteiger partial charge on any atom is 0.358 e. The molecule has 6 nitrogen and oxygen atoms in total. The molecule has 2 aliphatic rings. The quantitative estimate of drug-likeness (QED) is 0.851. The van der Waals surface area contributed by atoms with Crippen molar-refractivity contribution in [1.82, 2.24) is 9.78 Å². The summed E-state index contributed by atoms with van der Waals surface area (Å²) in [6.07, 6.45) is 8.05. The summed E-state index contributed by atoms with van der Waals surface area (Å²) in [6.45, 7) is 0.715. The van der Waals surface area contributed by atoms with Crippen LogP contribution < -0.4 is 5.73 Å².